The smallest absolute Gasteiger partial charge is 0.203 e. The molecule has 7 heteroatoms. The molecule has 0 aromatic heterocycles. The molecule has 0 spiro atoms. The van der Waals surface area contributed by atoms with Crippen LogP contribution in [0, 0.1) is 0 Å². The Hall–Kier alpha value is 0.0300. The van der Waals surface area contributed by atoms with Gasteiger partial charge in [-0.15, -0.1) is 0 Å². The maximum atomic E-state index is 10.8. The van der Waals surface area contributed by atoms with Gasteiger partial charge in [-0.2, -0.15) is 13.2 Å². The molecule has 0 aromatic carbocycles. The molecule has 0 radical (unpaired) electrons. The van der Waals surface area contributed by atoms with Crippen molar-refractivity contribution in [3.63, 3.8) is 0 Å². The van der Waals surface area contributed by atoms with Gasteiger partial charge < -0.3 is 0 Å². The van der Waals surface area contributed by atoms with Gasteiger partial charge in [0.15, 0.2) is 0 Å². The molecule has 0 fully saturated rings. The first-order chi connectivity index (χ1) is 4.25. The molecule has 0 atom stereocenters. The van der Waals surface area contributed by atoms with Crippen molar-refractivity contribution in [1.82, 2.24) is 0 Å². The van der Waals surface area contributed by atoms with E-state index in [1.807, 2.05) is 13.8 Å². The van der Waals surface area contributed by atoms with Crippen molar-refractivity contribution in [3.8, 4) is 0 Å². The zero-order valence-corrected chi connectivity index (χ0v) is 6.81. The highest BCUT2D eigenvalue weighted by atomic mass is 35.7. The first-order valence-electron chi connectivity index (χ1n) is 2.26. The molecule has 10 heavy (non-hydrogen) atoms. The van der Waals surface area contributed by atoms with Gasteiger partial charge in [0.05, 0.1) is 0 Å². The van der Waals surface area contributed by atoms with Crippen LogP contribution in [0.3, 0.4) is 0 Å². The van der Waals surface area contributed by atoms with Gasteiger partial charge in [-0.3, -0.25) is 0 Å². The number of hydrogen-bond donors (Lipinski definition) is 0. The highest BCUT2D eigenvalue weighted by Crippen LogP contribution is 2.25. The summed E-state index contributed by atoms with van der Waals surface area (Å²) in [6.07, 6.45) is 0. The van der Waals surface area contributed by atoms with Gasteiger partial charge >= 0.3 is 14.6 Å². The van der Waals surface area contributed by atoms with Crippen molar-refractivity contribution in [3.05, 3.63) is 0 Å². The van der Waals surface area contributed by atoms with E-state index in [4.69, 9.17) is 0 Å². The van der Waals surface area contributed by atoms with E-state index >= 15 is 0 Å². The lowest BCUT2D eigenvalue weighted by Gasteiger charge is -1.96. The molecule has 0 aliphatic heterocycles. The topological polar surface area (TPSA) is 34.1 Å². The molecule has 0 aliphatic carbocycles. The van der Waals surface area contributed by atoms with Crippen molar-refractivity contribution in [1.29, 1.82) is 0 Å². The van der Waals surface area contributed by atoms with Crippen LogP contribution in [0.5, 0.6) is 0 Å². The first kappa shape index (κ1) is 12.7. The first-order valence-corrected chi connectivity index (χ1v) is 4.57. The van der Waals surface area contributed by atoms with E-state index in [-0.39, 0.29) is 0 Å². The Kier molecular flexibility index (Phi) is 5.10. The lowest BCUT2D eigenvalue weighted by atomic mass is 11.0. The van der Waals surface area contributed by atoms with Gasteiger partial charge in [0.1, 0.15) is 0 Å². The highest BCUT2D eigenvalue weighted by molar-refractivity contribution is 8.14. The van der Waals surface area contributed by atoms with Crippen molar-refractivity contribution in [2.75, 3.05) is 0 Å². The Labute approximate surface area is 61.4 Å². The second kappa shape index (κ2) is 4.02. The lowest BCUT2D eigenvalue weighted by molar-refractivity contribution is -0.0412. The molecular formula is C3H6ClF3O2S. The SMILES string of the molecule is CC.O=S(=O)(Cl)C(F)(F)F. The van der Waals surface area contributed by atoms with Gasteiger partial charge in [-0.25, -0.2) is 8.42 Å². The average molecular weight is 199 g/mol. The molecule has 0 saturated heterocycles. The summed E-state index contributed by atoms with van der Waals surface area (Å²) < 4.78 is 51.1. The monoisotopic (exact) mass is 198 g/mol. The summed E-state index contributed by atoms with van der Waals surface area (Å²) in [5, 5.41) is 0. The second-order valence-electron chi connectivity index (χ2n) is 0.884. The average Bonchev–Trinajstić information content (AvgIpc) is 1.66. The normalized spacial score (nSPS) is 11.8. The number of alkyl halides is 3. The van der Waals surface area contributed by atoms with Gasteiger partial charge in [0, 0.05) is 10.7 Å². The van der Waals surface area contributed by atoms with Crippen LogP contribution < -0.4 is 0 Å². The Bertz CT molecular complexity index is 171. The number of hydrogen-bond acceptors (Lipinski definition) is 2. The Morgan fingerprint density at radius 1 is 1.20 bits per heavy atom. The van der Waals surface area contributed by atoms with Crippen LogP contribution >= 0.6 is 10.7 Å². The second-order valence-corrected chi connectivity index (χ2v) is 3.44. The largest absolute Gasteiger partial charge is 0.511 e. The quantitative estimate of drug-likeness (QED) is 0.559. The predicted molar refractivity (Wildman–Crippen MR) is 32.2 cm³/mol. The molecule has 0 saturated carbocycles. The van der Waals surface area contributed by atoms with Crippen molar-refractivity contribution >= 4 is 19.7 Å². The standard InChI is InChI=1S/C2H6.CClF3O2S/c1-2;2-8(6,7)1(3,4)5/h1-2H3;. The number of rotatable bonds is 0. The molecule has 0 aliphatic rings. The summed E-state index contributed by atoms with van der Waals surface area (Å²) in [5.74, 6) is 0. The summed E-state index contributed by atoms with van der Waals surface area (Å²) in [6, 6.07) is 0. The van der Waals surface area contributed by atoms with Gasteiger partial charge in [-0.05, 0) is 0 Å². The third-order valence-electron chi connectivity index (χ3n) is 0.276. The van der Waals surface area contributed by atoms with E-state index < -0.39 is 14.6 Å². The van der Waals surface area contributed by atoms with E-state index in [1.54, 1.807) is 0 Å². The van der Waals surface area contributed by atoms with E-state index in [2.05, 4.69) is 10.7 Å². The fourth-order valence-corrected chi connectivity index (χ4v) is 0. The fraction of sp³-hybridized carbons (Fsp3) is 1.00. The zero-order chi connectivity index (χ0) is 9.00. The predicted octanol–water partition coefficient (Wildman–Crippen LogP) is 2.10. The van der Waals surface area contributed by atoms with Crippen LogP contribution in [0.1, 0.15) is 13.8 Å². The highest BCUT2D eigenvalue weighted by Gasteiger charge is 2.44. The Morgan fingerprint density at radius 2 is 1.30 bits per heavy atom. The minimum Gasteiger partial charge on any atom is -0.203 e. The summed E-state index contributed by atoms with van der Waals surface area (Å²) in [5.41, 5.74) is -5.32. The van der Waals surface area contributed by atoms with Crippen molar-refractivity contribution in [2.45, 2.75) is 19.4 Å². The molecular weight excluding hydrogens is 193 g/mol. The van der Waals surface area contributed by atoms with E-state index in [0.29, 0.717) is 0 Å². The minimum atomic E-state index is -5.37. The molecule has 0 bridgehead atoms. The maximum absolute atomic E-state index is 10.8. The van der Waals surface area contributed by atoms with Crippen LogP contribution in [-0.2, 0) is 9.05 Å². The third kappa shape index (κ3) is 4.87. The van der Waals surface area contributed by atoms with Crippen molar-refractivity contribution < 1.29 is 21.6 Å². The van der Waals surface area contributed by atoms with Crippen LogP contribution in [0.2, 0.25) is 0 Å². The number of halogens is 4. The molecule has 0 aromatic rings. The zero-order valence-electron chi connectivity index (χ0n) is 5.24. The molecule has 0 amide bonds. The van der Waals surface area contributed by atoms with Gasteiger partial charge in [0.2, 0.25) is 0 Å². The Balaban J connectivity index is 0. The third-order valence-corrected chi connectivity index (χ3v) is 1.35. The Morgan fingerprint density at radius 3 is 1.30 bits per heavy atom. The molecule has 0 rings (SSSR count). The molecule has 2 nitrogen and oxygen atoms in total. The van der Waals surface area contributed by atoms with Crippen molar-refractivity contribution in [2.24, 2.45) is 0 Å². The maximum Gasteiger partial charge on any atom is 0.511 e. The summed E-state index contributed by atoms with van der Waals surface area (Å²) in [7, 11) is -1.51. The van der Waals surface area contributed by atoms with Gasteiger partial charge in [0.25, 0.3) is 0 Å². The van der Waals surface area contributed by atoms with E-state index in [0.717, 1.165) is 0 Å². The molecule has 64 valence electrons. The van der Waals surface area contributed by atoms with Crippen LogP contribution in [0.4, 0.5) is 13.2 Å². The minimum absolute atomic E-state index is 2.00. The van der Waals surface area contributed by atoms with E-state index in [9.17, 15) is 21.6 Å². The molecule has 0 unspecified atom stereocenters. The van der Waals surface area contributed by atoms with Gasteiger partial charge in [-0.1, -0.05) is 13.8 Å². The lowest BCUT2D eigenvalue weighted by Crippen LogP contribution is -2.16. The van der Waals surface area contributed by atoms with Crippen LogP contribution in [0.25, 0.3) is 0 Å². The van der Waals surface area contributed by atoms with E-state index in [1.165, 1.54) is 0 Å². The fourth-order valence-electron chi connectivity index (χ4n) is 0. The summed E-state index contributed by atoms with van der Waals surface area (Å²) in [6.45, 7) is 4.00. The van der Waals surface area contributed by atoms with Crippen LogP contribution in [-0.4, -0.2) is 13.9 Å². The summed E-state index contributed by atoms with van der Waals surface area (Å²) in [4.78, 5) is 0. The molecule has 0 heterocycles. The van der Waals surface area contributed by atoms with Crippen LogP contribution in [0.15, 0.2) is 0 Å². The molecule has 0 N–H and O–H groups in total. The summed E-state index contributed by atoms with van der Waals surface area (Å²) >= 11 is 0.